The van der Waals surface area contributed by atoms with Gasteiger partial charge in [-0.3, -0.25) is 19.2 Å². The van der Waals surface area contributed by atoms with E-state index in [1.165, 1.54) is 0 Å². The first-order valence-corrected chi connectivity index (χ1v) is 10.8. The number of carbonyl (C=O) groups is 5. The molecule has 0 bridgehead atoms. The van der Waals surface area contributed by atoms with Crippen LogP contribution in [-0.2, 0) is 24.0 Å². The van der Waals surface area contributed by atoms with Crippen molar-refractivity contribution in [3.05, 3.63) is 0 Å². The molecule has 31 heavy (non-hydrogen) atoms. The summed E-state index contributed by atoms with van der Waals surface area (Å²) in [6.07, 6.45) is 0.228. The highest BCUT2D eigenvalue weighted by Gasteiger charge is 2.32. The van der Waals surface area contributed by atoms with Gasteiger partial charge in [-0.15, -0.1) is 0 Å². The number of carbonyl (C=O) groups excluding carboxylic acids is 4. The third-order valence-electron chi connectivity index (χ3n) is 4.69. The molecule has 0 fully saturated rings. The third kappa shape index (κ3) is 10.5. The second kappa shape index (κ2) is 13.9. The first-order valence-electron chi connectivity index (χ1n) is 10.1. The molecule has 0 aliphatic rings. The van der Waals surface area contributed by atoms with E-state index < -0.39 is 60.2 Å². The van der Waals surface area contributed by atoms with Crippen LogP contribution >= 0.6 is 12.6 Å². The predicted octanol–water partition coefficient (Wildman–Crippen LogP) is -1.25. The van der Waals surface area contributed by atoms with Crippen LogP contribution in [0.2, 0.25) is 0 Å². The number of carboxylic acids is 1. The Morgan fingerprint density at radius 3 is 1.87 bits per heavy atom. The molecular weight excluding hydrogens is 426 g/mol. The second-order valence-electron chi connectivity index (χ2n) is 7.92. The maximum absolute atomic E-state index is 12.8. The summed E-state index contributed by atoms with van der Waals surface area (Å²) in [6.45, 7) is 7.14. The Hall–Kier alpha value is -2.34. The maximum atomic E-state index is 12.8. The van der Waals surface area contributed by atoms with Crippen molar-refractivity contribution in [1.82, 2.24) is 16.0 Å². The summed E-state index contributed by atoms with van der Waals surface area (Å²) in [5.41, 5.74) is 10.8. The van der Waals surface area contributed by atoms with Crippen LogP contribution in [-0.4, -0.2) is 64.6 Å². The lowest BCUT2D eigenvalue weighted by Gasteiger charge is -2.27. The minimum atomic E-state index is -1.34. The van der Waals surface area contributed by atoms with Crippen molar-refractivity contribution in [2.75, 3.05) is 5.75 Å². The number of carboxylic acid groups (broad SMARTS) is 1. The zero-order valence-electron chi connectivity index (χ0n) is 18.4. The van der Waals surface area contributed by atoms with Gasteiger partial charge in [0.25, 0.3) is 0 Å². The highest BCUT2D eigenvalue weighted by molar-refractivity contribution is 7.80. The molecule has 0 heterocycles. The fourth-order valence-electron chi connectivity index (χ4n) is 2.68. The van der Waals surface area contributed by atoms with Crippen molar-refractivity contribution in [2.24, 2.45) is 23.3 Å². The average Bonchev–Trinajstić information content (AvgIpc) is 2.68. The topological polar surface area (TPSA) is 194 Å². The van der Waals surface area contributed by atoms with E-state index in [-0.39, 0.29) is 24.0 Å². The highest BCUT2D eigenvalue weighted by atomic mass is 32.1. The van der Waals surface area contributed by atoms with Gasteiger partial charge in [0.2, 0.25) is 23.6 Å². The quantitative estimate of drug-likeness (QED) is 0.157. The Balaban J connectivity index is 5.54. The van der Waals surface area contributed by atoms with E-state index in [0.29, 0.717) is 6.42 Å². The van der Waals surface area contributed by atoms with Crippen LogP contribution in [0.3, 0.4) is 0 Å². The van der Waals surface area contributed by atoms with Crippen LogP contribution in [0.5, 0.6) is 0 Å². The van der Waals surface area contributed by atoms with Crippen LogP contribution in [0.25, 0.3) is 0 Å². The number of primary amides is 1. The van der Waals surface area contributed by atoms with Gasteiger partial charge in [-0.25, -0.2) is 4.79 Å². The van der Waals surface area contributed by atoms with Crippen LogP contribution in [0.1, 0.15) is 47.0 Å². The second-order valence-corrected chi connectivity index (χ2v) is 8.29. The van der Waals surface area contributed by atoms with E-state index in [9.17, 15) is 29.1 Å². The number of amides is 4. The monoisotopic (exact) mass is 461 g/mol. The van der Waals surface area contributed by atoms with Crippen molar-refractivity contribution in [1.29, 1.82) is 0 Å². The van der Waals surface area contributed by atoms with Crippen molar-refractivity contribution >= 4 is 42.2 Å². The Morgan fingerprint density at radius 2 is 1.45 bits per heavy atom. The lowest BCUT2D eigenvalue weighted by Crippen LogP contribution is -2.58. The molecule has 0 saturated heterocycles. The SMILES string of the molecule is CCC(C)C(NC(=O)C(CC(C)C)NC(=O)C(CC(N)=O)NC(=O)C(N)CS)C(=O)O. The summed E-state index contributed by atoms with van der Waals surface area (Å²) in [5.74, 6) is -4.55. The van der Waals surface area contributed by atoms with E-state index in [1.54, 1.807) is 13.8 Å². The molecule has 0 aromatic carbocycles. The molecule has 4 amide bonds. The fraction of sp³-hybridized carbons (Fsp3) is 0.737. The molecule has 0 radical (unpaired) electrons. The van der Waals surface area contributed by atoms with Crippen LogP contribution in [0.4, 0.5) is 0 Å². The zero-order chi connectivity index (χ0) is 24.3. The summed E-state index contributed by atoms with van der Waals surface area (Å²) >= 11 is 3.91. The van der Waals surface area contributed by atoms with E-state index in [4.69, 9.17) is 11.5 Å². The molecule has 0 spiro atoms. The summed E-state index contributed by atoms with van der Waals surface area (Å²) in [6, 6.07) is -4.56. The smallest absolute Gasteiger partial charge is 0.326 e. The fourth-order valence-corrected chi connectivity index (χ4v) is 2.85. The molecule has 178 valence electrons. The van der Waals surface area contributed by atoms with Gasteiger partial charge in [0.05, 0.1) is 12.5 Å². The van der Waals surface area contributed by atoms with Crippen LogP contribution in [0, 0.1) is 11.8 Å². The molecule has 0 aliphatic heterocycles. The Morgan fingerprint density at radius 1 is 0.935 bits per heavy atom. The molecule has 5 unspecified atom stereocenters. The average molecular weight is 462 g/mol. The van der Waals surface area contributed by atoms with Gasteiger partial charge in [0.15, 0.2) is 0 Å². The molecule has 11 nitrogen and oxygen atoms in total. The van der Waals surface area contributed by atoms with Gasteiger partial charge in [-0.2, -0.15) is 12.6 Å². The molecule has 8 N–H and O–H groups in total. The minimum absolute atomic E-state index is 0.0152. The van der Waals surface area contributed by atoms with Gasteiger partial charge in [-0.1, -0.05) is 34.1 Å². The lowest BCUT2D eigenvalue weighted by molar-refractivity contribution is -0.144. The zero-order valence-corrected chi connectivity index (χ0v) is 19.3. The van der Waals surface area contributed by atoms with Gasteiger partial charge in [0, 0.05) is 5.75 Å². The number of hydrogen-bond donors (Lipinski definition) is 7. The summed E-state index contributed by atoms with van der Waals surface area (Å²) < 4.78 is 0. The number of nitrogens with two attached hydrogens (primary N) is 2. The van der Waals surface area contributed by atoms with Crippen molar-refractivity contribution in [3.63, 3.8) is 0 Å². The van der Waals surface area contributed by atoms with Gasteiger partial charge >= 0.3 is 5.97 Å². The first-order chi connectivity index (χ1) is 14.3. The van der Waals surface area contributed by atoms with E-state index >= 15 is 0 Å². The normalized spacial score (nSPS) is 15.8. The summed E-state index contributed by atoms with van der Waals surface area (Å²) in [4.78, 5) is 60.4. The third-order valence-corrected chi connectivity index (χ3v) is 5.08. The standard InChI is InChI=1S/C19H35N5O6S/c1-5-10(4)15(19(29)30)24-18(28)12(6-9(2)3)23-17(27)13(7-14(21)25)22-16(26)11(20)8-31/h9-13,15,31H,5-8,20H2,1-4H3,(H2,21,25)(H,22,26)(H,23,27)(H,24,28)(H,29,30). The summed E-state index contributed by atoms with van der Waals surface area (Å²) in [7, 11) is 0. The van der Waals surface area contributed by atoms with E-state index in [2.05, 4.69) is 28.6 Å². The van der Waals surface area contributed by atoms with Gasteiger partial charge < -0.3 is 32.5 Å². The van der Waals surface area contributed by atoms with Crippen LogP contribution < -0.4 is 27.4 Å². The van der Waals surface area contributed by atoms with E-state index in [1.807, 2.05) is 13.8 Å². The number of thiol groups is 1. The highest BCUT2D eigenvalue weighted by Crippen LogP contribution is 2.11. The molecule has 0 saturated carbocycles. The van der Waals surface area contributed by atoms with Gasteiger partial charge in [-0.05, 0) is 18.3 Å². The van der Waals surface area contributed by atoms with Crippen molar-refractivity contribution in [3.8, 4) is 0 Å². The van der Waals surface area contributed by atoms with Crippen molar-refractivity contribution in [2.45, 2.75) is 71.1 Å². The number of aliphatic carboxylic acids is 1. The molecule has 0 aliphatic carbocycles. The molecule has 0 aromatic heterocycles. The molecule has 0 aromatic rings. The maximum Gasteiger partial charge on any atom is 0.326 e. The van der Waals surface area contributed by atoms with Crippen molar-refractivity contribution < 1.29 is 29.1 Å². The van der Waals surface area contributed by atoms with E-state index in [0.717, 1.165) is 0 Å². The van der Waals surface area contributed by atoms with Crippen LogP contribution in [0.15, 0.2) is 0 Å². The largest absolute Gasteiger partial charge is 0.480 e. The molecule has 5 atom stereocenters. The first kappa shape index (κ1) is 28.7. The summed E-state index contributed by atoms with van der Waals surface area (Å²) in [5, 5.41) is 16.7. The van der Waals surface area contributed by atoms with Gasteiger partial charge in [0.1, 0.15) is 18.1 Å². The molecule has 0 rings (SSSR count). The number of hydrogen-bond acceptors (Lipinski definition) is 7. The minimum Gasteiger partial charge on any atom is -0.480 e. The molecule has 12 heteroatoms. The number of rotatable bonds is 14. The predicted molar refractivity (Wildman–Crippen MR) is 118 cm³/mol. The lowest BCUT2D eigenvalue weighted by atomic mass is 9.97. The molecular formula is C19H35N5O6S. The Labute approximate surface area is 187 Å². The number of nitrogens with one attached hydrogen (secondary N) is 3. The Bertz CT molecular complexity index is 660. The Kier molecular flexibility index (Phi) is 12.8.